The number of carbonyl (C=O) groups excluding carboxylic acids is 1. The minimum Gasteiger partial charge on any atom is -0.394 e. The molecule has 1 aliphatic rings. The maximum Gasteiger partial charge on any atom is 0.237 e. The molecular weight excluding hydrogens is 192 g/mol. The summed E-state index contributed by atoms with van der Waals surface area (Å²) < 4.78 is 0. The first-order valence-electron chi connectivity index (χ1n) is 5.62. The van der Waals surface area contributed by atoms with Crippen LogP contribution < -0.4 is 10.6 Å². The zero-order valence-corrected chi connectivity index (χ0v) is 9.84. The van der Waals surface area contributed by atoms with Crippen molar-refractivity contribution < 1.29 is 9.90 Å². The van der Waals surface area contributed by atoms with Crippen molar-refractivity contribution in [3.8, 4) is 0 Å². The van der Waals surface area contributed by atoms with Crippen molar-refractivity contribution in [1.82, 2.24) is 10.6 Å². The van der Waals surface area contributed by atoms with E-state index in [0.29, 0.717) is 5.92 Å². The quantitative estimate of drug-likeness (QED) is 0.631. The fourth-order valence-electron chi connectivity index (χ4n) is 1.85. The lowest BCUT2D eigenvalue weighted by Crippen LogP contribution is -2.56. The Balaban J connectivity index is 2.52. The molecule has 0 aromatic rings. The first-order valence-corrected chi connectivity index (χ1v) is 5.62. The third-order valence-corrected chi connectivity index (χ3v) is 2.91. The maximum absolute atomic E-state index is 11.9. The Bertz CT molecular complexity index is 229. The molecule has 2 unspecified atom stereocenters. The van der Waals surface area contributed by atoms with Crippen molar-refractivity contribution in [3.05, 3.63) is 0 Å². The van der Waals surface area contributed by atoms with E-state index < -0.39 is 5.54 Å². The van der Waals surface area contributed by atoms with Gasteiger partial charge in [0.2, 0.25) is 5.91 Å². The van der Waals surface area contributed by atoms with Gasteiger partial charge in [0.05, 0.1) is 18.2 Å². The molecule has 4 heteroatoms. The SMILES string of the molecule is CC1CCCNC1C(=O)NC(C)(C)CO. The molecule has 0 spiro atoms. The Labute approximate surface area is 91.4 Å². The summed E-state index contributed by atoms with van der Waals surface area (Å²) in [5.74, 6) is 0.370. The van der Waals surface area contributed by atoms with E-state index in [0.717, 1.165) is 19.4 Å². The molecule has 88 valence electrons. The number of hydrogen-bond acceptors (Lipinski definition) is 3. The molecular formula is C11H22N2O2. The summed E-state index contributed by atoms with van der Waals surface area (Å²) in [6.45, 7) is 6.58. The van der Waals surface area contributed by atoms with Gasteiger partial charge in [-0.2, -0.15) is 0 Å². The molecule has 0 aromatic carbocycles. The van der Waals surface area contributed by atoms with Crippen molar-refractivity contribution >= 4 is 5.91 Å². The summed E-state index contributed by atoms with van der Waals surface area (Å²) in [6.07, 6.45) is 2.22. The average Bonchev–Trinajstić information content (AvgIpc) is 2.17. The van der Waals surface area contributed by atoms with E-state index in [9.17, 15) is 4.79 Å². The predicted octanol–water partition coefficient (Wildman–Crippen LogP) is 0.262. The van der Waals surface area contributed by atoms with Gasteiger partial charge in [-0.25, -0.2) is 0 Å². The summed E-state index contributed by atoms with van der Waals surface area (Å²) in [4.78, 5) is 11.9. The second-order valence-electron chi connectivity index (χ2n) is 5.08. The van der Waals surface area contributed by atoms with Gasteiger partial charge < -0.3 is 15.7 Å². The normalized spacial score (nSPS) is 27.5. The number of carbonyl (C=O) groups is 1. The van der Waals surface area contributed by atoms with Crippen LogP contribution >= 0.6 is 0 Å². The Morgan fingerprint density at radius 1 is 1.60 bits per heavy atom. The third-order valence-electron chi connectivity index (χ3n) is 2.91. The van der Waals surface area contributed by atoms with Crippen LogP contribution in [0.25, 0.3) is 0 Å². The zero-order chi connectivity index (χ0) is 11.5. The van der Waals surface area contributed by atoms with Crippen LogP contribution in [0.15, 0.2) is 0 Å². The van der Waals surface area contributed by atoms with E-state index in [-0.39, 0.29) is 18.6 Å². The van der Waals surface area contributed by atoms with E-state index in [1.807, 2.05) is 13.8 Å². The molecule has 0 aromatic heterocycles. The van der Waals surface area contributed by atoms with Crippen molar-refractivity contribution in [2.24, 2.45) is 5.92 Å². The summed E-state index contributed by atoms with van der Waals surface area (Å²) in [7, 11) is 0. The summed E-state index contributed by atoms with van der Waals surface area (Å²) in [6, 6.07) is -0.107. The molecule has 0 bridgehead atoms. The van der Waals surface area contributed by atoms with E-state index in [1.165, 1.54) is 0 Å². The van der Waals surface area contributed by atoms with Crippen molar-refractivity contribution in [3.63, 3.8) is 0 Å². The highest BCUT2D eigenvalue weighted by atomic mass is 16.3. The highest BCUT2D eigenvalue weighted by Crippen LogP contribution is 2.16. The number of piperidine rings is 1. The van der Waals surface area contributed by atoms with Crippen LogP contribution in [-0.4, -0.2) is 35.7 Å². The van der Waals surface area contributed by atoms with Gasteiger partial charge in [-0.15, -0.1) is 0 Å². The van der Waals surface area contributed by atoms with Gasteiger partial charge in [0.15, 0.2) is 0 Å². The van der Waals surface area contributed by atoms with Gasteiger partial charge in [-0.3, -0.25) is 4.79 Å². The lowest BCUT2D eigenvalue weighted by Gasteiger charge is -2.32. The van der Waals surface area contributed by atoms with Gasteiger partial charge in [0.25, 0.3) is 0 Å². The maximum atomic E-state index is 11.9. The van der Waals surface area contributed by atoms with Crippen LogP contribution in [0.3, 0.4) is 0 Å². The molecule has 3 N–H and O–H groups in total. The lowest BCUT2D eigenvalue weighted by atomic mass is 9.91. The van der Waals surface area contributed by atoms with Crippen molar-refractivity contribution in [1.29, 1.82) is 0 Å². The van der Waals surface area contributed by atoms with Gasteiger partial charge >= 0.3 is 0 Å². The predicted molar refractivity (Wildman–Crippen MR) is 59.5 cm³/mol. The number of aliphatic hydroxyl groups is 1. The first-order chi connectivity index (χ1) is 6.96. The van der Waals surface area contributed by atoms with E-state index >= 15 is 0 Å². The second-order valence-corrected chi connectivity index (χ2v) is 5.08. The molecule has 1 heterocycles. The van der Waals surface area contributed by atoms with E-state index in [1.54, 1.807) is 0 Å². The number of nitrogens with one attached hydrogen (secondary N) is 2. The van der Waals surface area contributed by atoms with E-state index in [4.69, 9.17) is 5.11 Å². The fourth-order valence-corrected chi connectivity index (χ4v) is 1.85. The van der Waals surface area contributed by atoms with Gasteiger partial charge in [0.1, 0.15) is 0 Å². The van der Waals surface area contributed by atoms with Crippen LogP contribution in [0, 0.1) is 5.92 Å². The van der Waals surface area contributed by atoms with Crippen LogP contribution in [0.4, 0.5) is 0 Å². The summed E-state index contributed by atoms with van der Waals surface area (Å²) in [5.41, 5.74) is -0.532. The second kappa shape index (κ2) is 4.94. The van der Waals surface area contributed by atoms with Crippen LogP contribution in [0.1, 0.15) is 33.6 Å². The zero-order valence-electron chi connectivity index (χ0n) is 9.84. The molecule has 15 heavy (non-hydrogen) atoms. The summed E-state index contributed by atoms with van der Waals surface area (Å²) >= 11 is 0. The molecule has 1 saturated heterocycles. The number of amides is 1. The van der Waals surface area contributed by atoms with E-state index in [2.05, 4.69) is 17.6 Å². The highest BCUT2D eigenvalue weighted by molar-refractivity contribution is 5.82. The van der Waals surface area contributed by atoms with Gasteiger partial charge in [0, 0.05) is 0 Å². The topological polar surface area (TPSA) is 61.4 Å². The van der Waals surface area contributed by atoms with Crippen LogP contribution in [0.2, 0.25) is 0 Å². The number of rotatable bonds is 3. The smallest absolute Gasteiger partial charge is 0.237 e. The number of aliphatic hydroxyl groups excluding tert-OH is 1. The molecule has 1 aliphatic heterocycles. The molecule has 0 aliphatic carbocycles. The number of hydrogen-bond donors (Lipinski definition) is 3. The third kappa shape index (κ3) is 3.47. The standard InChI is InChI=1S/C11H22N2O2/c1-8-5-4-6-12-9(8)10(15)13-11(2,3)7-14/h8-9,12,14H,4-7H2,1-3H3,(H,13,15). The monoisotopic (exact) mass is 214 g/mol. The molecule has 1 amide bonds. The Kier molecular flexibility index (Phi) is 4.11. The Morgan fingerprint density at radius 2 is 2.27 bits per heavy atom. The first kappa shape index (κ1) is 12.5. The Hall–Kier alpha value is -0.610. The summed E-state index contributed by atoms with van der Waals surface area (Å²) in [5, 5.41) is 15.1. The molecule has 1 rings (SSSR count). The average molecular weight is 214 g/mol. The van der Waals surface area contributed by atoms with Gasteiger partial charge in [-0.05, 0) is 39.2 Å². The van der Waals surface area contributed by atoms with Gasteiger partial charge in [-0.1, -0.05) is 6.92 Å². The minimum absolute atomic E-state index is 0.00116. The lowest BCUT2D eigenvalue weighted by molar-refractivity contribution is -0.127. The molecule has 0 radical (unpaired) electrons. The molecule has 2 atom stereocenters. The fraction of sp³-hybridized carbons (Fsp3) is 0.909. The largest absolute Gasteiger partial charge is 0.394 e. The van der Waals surface area contributed by atoms with Crippen LogP contribution in [-0.2, 0) is 4.79 Å². The van der Waals surface area contributed by atoms with Crippen molar-refractivity contribution in [2.45, 2.75) is 45.2 Å². The van der Waals surface area contributed by atoms with Crippen molar-refractivity contribution in [2.75, 3.05) is 13.2 Å². The molecule has 1 fully saturated rings. The Morgan fingerprint density at radius 3 is 2.80 bits per heavy atom. The highest BCUT2D eigenvalue weighted by Gasteiger charge is 2.30. The molecule has 0 saturated carbocycles. The molecule has 4 nitrogen and oxygen atoms in total. The van der Waals surface area contributed by atoms with Crippen LogP contribution in [0.5, 0.6) is 0 Å². The minimum atomic E-state index is -0.532.